The van der Waals surface area contributed by atoms with E-state index in [1.807, 2.05) is 11.0 Å². The van der Waals surface area contributed by atoms with Crippen LogP contribution in [0.3, 0.4) is 0 Å². The van der Waals surface area contributed by atoms with Gasteiger partial charge in [0.1, 0.15) is 12.7 Å². The van der Waals surface area contributed by atoms with Crippen LogP contribution in [0.2, 0.25) is 0 Å². The minimum Gasteiger partial charge on any atom is -0.316 e. The molecule has 2 fully saturated rings. The highest BCUT2D eigenvalue weighted by Gasteiger charge is 2.52. The molecule has 1 aliphatic carbocycles. The van der Waals surface area contributed by atoms with Crippen molar-refractivity contribution >= 4 is 0 Å². The van der Waals surface area contributed by atoms with Crippen molar-refractivity contribution in [2.24, 2.45) is 17.8 Å². The van der Waals surface area contributed by atoms with Gasteiger partial charge in [-0.1, -0.05) is 0 Å². The molecule has 2 aliphatic rings. The van der Waals surface area contributed by atoms with Crippen molar-refractivity contribution in [3.63, 3.8) is 0 Å². The molecule has 1 aromatic heterocycles. The normalized spacial score (nSPS) is 38.2. The van der Waals surface area contributed by atoms with Crippen molar-refractivity contribution in [3.8, 4) is 0 Å². The Morgan fingerprint density at radius 3 is 2.92 bits per heavy atom. The first kappa shape index (κ1) is 6.60. The predicted octanol–water partition coefficient (Wildman–Crippen LogP) is -0.257. The lowest BCUT2D eigenvalue weighted by Crippen LogP contribution is -2.17. The zero-order valence-electron chi connectivity index (χ0n) is 6.85. The van der Waals surface area contributed by atoms with E-state index in [0.717, 1.165) is 24.3 Å². The summed E-state index contributed by atoms with van der Waals surface area (Å²) < 4.78 is 1.95. The van der Waals surface area contributed by atoms with E-state index in [-0.39, 0.29) is 0 Å². The van der Waals surface area contributed by atoms with Crippen LogP contribution in [0.25, 0.3) is 0 Å². The van der Waals surface area contributed by atoms with Crippen LogP contribution in [0.1, 0.15) is 0 Å². The Kier molecular flexibility index (Phi) is 1.26. The molecule has 1 aliphatic heterocycles. The van der Waals surface area contributed by atoms with Gasteiger partial charge >= 0.3 is 0 Å². The third-order valence-electron chi connectivity index (χ3n) is 3.13. The van der Waals surface area contributed by atoms with Crippen LogP contribution in [0.15, 0.2) is 12.7 Å². The fourth-order valence-electron chi connectivity index (χ4n) is 2.36. The number of rotatable bonds is 2. The lowest BCUT2D eigenvalue weighted by atomic mass is 10.3. The van der Waals surface area contributed by atoms with Gasteiger partial charge < -0.3 is 5.32 Å². The summed E-state index contributed by atoms with van der Waals surface area (Å²) in [5.74, 6) is 2.72. The summed E-state index contributed by atoms with van der Waals surface area (Å²) in [5.41, 5.74) is 0. The molecule has 2 heterocycles. The maximum absolute atomic E-state index is 4.11. The summed E-state index contributed by atoms with van der Waals surface area (Å²) in [6, 6.07) is 0. The average molecular weight is 164 g/mol. The fraction of sp³-hybridized carbons (Fsp3) is 0.750. The summed E-state index contributed by atoms with van der Waals surface area (Å²) >= 11 is 0. The molecule has 1 aromatic rings. The number of piperidine rings is 1. The second-order valence-electron chi connectivity index (χ2n) is 3.77. The molecule has 3 atom stereocenters. The van der Waals surface area contributed by atoms with E-state index in [0.29, 0.717) is 0 Å². The van der Waals surface area contributed by atoms with Gasteiger partial charge in [-0.2, -0.15) is 5.10 Å². The fourth-order valence-corrected chi connectivity index (χ4v) is 2.36. The van der Waals surface area contributed by atoms with Crippen LogP contribution in [0, 0.1) is 17.8 Å². The lowest BCUT2D eigenvalue weighted by molar-refractivity contribution is 0.483. The highest BCUT2D eigenvalue weighted by molar-refractivity contribution is 5.03. The van der Waals surface area contributed by atoms with Gasteiger partial charge in [0.25, 0.3) is 0 Å². The van der Waals surface area contributed by atoms with Gasteiger partial charge in [-0.15, -0.1) is 0 Å². The van der Waals surface area contributed by atoms with Gasteiger partial charge in [0.15, 0.2) is 0 Å². The Morgan fingerprint density at radius 2 is 2.25 bits per heavy atom. The Labute approximate surface area is 71.0 Å². The SMILES string of the molecule is c1ncn(CC2[C@H]3CNC[C@@H]23)n1. The van der Waals surface area contributed by atoms with Crippen LogP contribution >= 0.6 is 0 Å². The number of fused-ring (bicyclic) bond motifs is 1. The molecular weight excluding hydrogens is 152 g/mol. The first-order chi connectivity index (χ1) is 5.95. The van der Waals surface area contributed by atoms with Crippen molar-refractivity contribution in [2.45, 2.75) is 6.54 Å². The van der Waals surface area contributed by atoms with Gasteiger partial charge in [-0.05, 0) is 30.8 Å². The Bertz CT molecular complexity index is 259. The molecule has 64 valence electrons. The molecule has 0 bridgehead atoms. The molecule has 4 nitrogen and oxygen atoms in total. The average Bonchev–Trinajstić information content (AvgIpc) is 2.59. The van der Waals surface area contributed by atoms with Crippen LogP contribution in [0.4, 0.5) is 0 Å². The molecule has 0 amide bonds. The minimum atomic E-state index is 0.868. The van der Waals surface area contributed by atoms with Gasteiger partial charge in [0, 0.05) is 6.54 Å². The largest absolute Gasteiger partial charge is 0.316 e. The quantitative estimate of drug-likeness (QED) is 0.655. The van der Waals surface area contributed by atoms with Crippen LogP contribution in [-0.2, 0) is 6.54 Å². The zero-order valence-corrected chi connectivity index (χ0v) is 6.85. The topological polar surface area (TPSA) is 42.7 Å². The number of hydrogen-bond acceptors (Lipinski definition) is 3. The summed E-state index contributed by atoms with van der Waals surface area (Å²) in [6.07, 6.45) is 3.41. The Hall–Kier alpha value is -0.900. The third-order valence-corrected chi connectivity index (χ3v) is 3.13. The Morgan fingerprint density at radius 1 is 1.42 bits per heavy atom. The van der Waals surface area contributed by atoms with E-state index in [1.165, 1.54) is 13.1 Å². The summed E-state index contributed by atoms with van der Waals surface area (Å²) in [5, 5.41) is 7.49. The first-order valence-electron chi connectivity index (χ1n) is 4.48. The summed E-state index contributed by atoms with van der Waals surface area (Å²) in [4.78, 5) is 3.93. The molecule has 1 saturated heterocycles. The van der Waals surface area contributed by atoms with Crippen molar-refractivity contribution in [1.82, 2.24) is 20.1 Å². The maximum Gasteiger partial charge on any atom is 0.137 e. The molecule has 1 saturated carbocycles. The van der Waals surface area contributed by atoms with E-state index in [4.69, 9.17) is 0 Å². The third kappa shape index (κ3) is 0.876. The second kappa shape index (κ2) is 2.29. The van der Waals surface area contributed by atoms with Crippen LogP contribution in [0.5, 0.6) is 0 Å². The van der Waals surface area contributed by atoms with Gasteiger partial charge in [0.2, 0.25) is 0 Å². The summed E-state index contributed by atoms with van der Waals surface area (Å²) in [6.45, 7) is 3.49. The molecule has 1 N–H and O–H groups in total. The number of nitrogens with zero attached hydrogens (tertiary/aromatic N) is 3. The van der Waals surface area contributed by atoms with Gasteiger partial charge in [0.05, 0.1) is 0 Å². The molecule has 3 rings (SSSR count). The van der Waals surface area contributed by atoms with E-state index >= 15 is 0 Å². The monoisotopic (exact) mass is 164 g/mol. The first-order valence-corrected chi connectivity index (χ1v) is 4.48. The molecule has 0 radical (unpaired) electrons. The molecule has 12 heavy (non-hydrogen) atoms. The van der Waals surface area contributed by atoms with Crippen molar-refractivity contribution in [1.29, 1.82) is 0 Å². The number of aromatic nitrogens is 3. The van der Waals surface area contributed by atoms with Crippen molar-refractivity contribution in [2.75, 3.05) is 13.1 Å². The highest BCUT2D eigenvalue weighted by atomic mass is 15.3. The minimum absolute atomic E-state index is 0.868. The molecule has 1 unspecified atom stereocenters. The van der Waals surface area contributed by atoms with E-state index in [9.17, 15) is 0 Å². The molecule has 4 heteroatoms. The van der Waals surface area contributed by atoms with Crippen molar-refractivity contribution < 1.29 is 0 Å². The maximum atomic E-state index is 4.11. The second-order valence-corrected chi connectivity index (χ2v) is 3.77. The molecule has 0 spiro atoms. The highest BCUT2D eigenvalue weighted by Crippen LogP contribution is 2.49. The smallest absolute Gasteiger partial charge is 0.137 e. The van der Waals surface area contributed by atoms with Gasteiger partial charge in [-0.3, -0.25) is 4.68 Å². The van der Waals surface area contributed by atoms with E-state index in [2.05, 4.69) is 15.4 Å². The summed E-state index contributed by atoms with van der Waals surface area (Å²) in [7, 11) is 0. The van der Waals surface area contributed by atoms with E-state index in [1.54, 1.807) is 6.33 Å². The molecular formula is C8H12N4. The van der Waals surface area contributed by atoms with E-state index < -0.39 is 0 Å². The zero-order chi connectivity index (χ0) is 7.97. The standard InChI is InChI=1S/C8H12N4/c1-6-7(2-9-1)8(6)3-12-5-10-4-11-12/h4-9H,1-3H2/t6-,7+,8?. The number of hydrogen-bond donors (Lipinski definition) is 1. The molecule has 0 aromatic carbocycles. The number of nitrogens with one attached hydrogen (secondary N) is 1. The predicted molar refractivity (Wildman–Crippen MR) is 43.4 cm³/mol. The van der Waals surface area contributed by atoms with Crippen molar-refractivity contribution in [3.05, 3.63) is 12.7 Å². The van der Waals surface area contributed by atoms with Crippen LogP contribution in [-0.4, -0.2) is 27.9 Å². The van der Waals surface area contributed by atoms with Crippen LogP contribution < -0.4 is 5.32 Å². The Balaban J connectivity index is 1.65. The lowest BCUT2D eigenvalue weighted by Gasteiger charge is -2.02. The van der Waals surface area contributed by atoms with Gasteiger partial charge in [-0.25, -0.2) is 4.98 Å².